The zero-order valence-electron chi connectivity index (χ0n) is 11.8. The minimum Gasteiger partial charge on any atom is -0.497 e. The van der Waals surface area contributed by atoms with Crippen LogP contribution in [0.5, 0.6) is 5.75 Å². The van der Waals surface area contributed by atoms with Gasteiger partial charge in [0.25, 0.3) is 5.91 Å². The maximum atomic E-state index is 13.4. The monoisotopic (exact) mass is 307 g/mol. The molecule has 0 fully saturated rings. The number of amides is 1. The van der Waals surface area contributed by atoms with E-state index in [1.54, 1.807) is 18.2 Å². The smallest absolute Gasteiger partial charge is 0.253 e. The number of hydrogen-bond acceptors (Lipinski definition) is 3. The lowest BCUT2D eigenvalue weighted by Crippen LogP contribution is -2.29. The summed E-state index contributed by atoms with van der Waals surface area (Å²) in [5.41, 5.74) is 0.350. The van der Waals surface area contributed by atoms with Crippen LogP contribution in [-0.4, -0.2) is 18.1 Å². The Morgan fingerprint density at radius 2 is 2.05 bits per heavy atom. The fraction of sp³-hybridized carbons (Fsp3) is 0.188. The molecule has 0 saturated carbocycles. The third kappa shape index (κ3) is 3.79. The molecule has 0 aliphatic rings. The lowest BCUT2D eigenvalue weighted by molar-refractivity contribution is -0.129. The van der Waals surface area contributed by atoms with Crippen molar-refractivity contribution in [1.29, 1.82) is 0 Å². The first-order valence-corrected chi connectivity index (χ1v) is 6.55. The second-order valence-electron chi connectivity index (χ2n) is 4.63. The number of carbonyl (C=O) groups is 1. The number of aliphatic hydroxyl groups is 1. The van der Waals surface area contributed by atoms with Gasteiger partial charge in [0.15, 0.2) is 6.10 Å². The number of methoxy groups -OCH3 is 1. The highest BCUT2D eigenvalue weighted by Gasteiger charge is 2.18. The molecule has 0 heterocycles. The van der Waals surface area contributed by atoms with Crippen molar-refractivity contribution in [2.45, 2.75) is 12.6 Å². The maximum Gasteiger partial charge on any atom is 0.253 e. The Morgan fingerprint density at radius 1 is 1.27 bits per heavy atom. The highest BCUT2D eigenvalue weighted by molar-refractivity contribution is 5.82. The molecular formula is C16H15F2NO3. The summed E-state index contributed by atoms with van der Waals surface area (Å²) in [6.45, 7) is -0.219. The van der Waals surface area contributed by atoms with E-state index in [2.05, 4.69) is 5.32 Å². The van der Waals surface area contributed by atoms with Crippen molar-refractivity contribution in [3.8, 4) is 5.75 Å². The lowest BCUT2D eigenvalue weighted by Gasteiger charge is -2.13. The summed E-state index contributed by atoms with van der Waals surface area (Å²) in [5, 5.41) is 12.3. The molecule has 2 aromatic rings. The van der Waals surface area contributed by atoms with E-state index in [9.17, 15) is 18.7 Å². The summed E-state index contributed by atoms with van der Waals surface area (Å²) in [7, 11) is 1.47. The average Bonchev–Trinajstić information content (AvgIpc) is 2.54. The van der Waals surface area contributed by atoms with E-state index < -0.39 is 23.6 Å². The van der Waals surface area contributed by atoms with Gasteiger partial charge < -0.3 is 15.2 Å². The maximum absolute atomic E-state index is 13.4. The van der Waals surface area contributed by atoms with E-state index in [1.165, 1.54) is 13.2 Å². The van der Waals surface area contributed by atoms with E-state index in [-0.39, 0.29) is 12.1 Å². The predicted molar refractivity (Wildman–Crippen MR) is 76.2 cm³/mol. The van der Waals surface area contributed by atoms with Crippen molar-refractivity contribution >= 4 is 5.91 Å². The van der Waals surface area contributed by atoms with Crippen LogP contribution in [0.2, 0.25) is 0 Å². The van der Waals surface area contributed by atoms with Crippen LogP contribution in [0.15, 0.2) is 42.5 Å². The molecule has 22 heavy (non-hydrogen) atoms. The first-order valence-electron chi connectivity index (χ1n) is 6.55. The van der Waals surface area contributed by atoms with E-state index in [0.29, 0.717) is 11.3 Å². The van der Waals surface area contributed by atoms with Gasteiger partial charge in [-0.1, -0.05) is 12.1 Å². The van der Waals surface area contributed by atoms with Gasteiger partial charge in [-0.2, -0.15) is 0 Å². The number of benzene rings is 2. The molecule has 2 rings (SSSR count). The summed E-state index contributed by atoms with van der Waals surface area (Å²) in [4.78, 5) is 11.9. The van der Waals surface area contributed by atoms with Crippen molar-refractivity contribution < 1.29 is 23.4 Å². The summed E-state index contributed by atoms with van der Waals surface area (Å²) >= 11 is 0. The largest absolute Gasteiger partial charge is 0.497 e. The van der Waals surface area contributed by atoms with Gasteiger partial charge >= 0.3 is 0 Å². The molecule has 2 N–H and O–H groups in total. The van der Waals surface area contributed by atoms with Gasteiger partial charge in [0, 0.05) is 12.1 Å². The minimum absolute atomic E-state index is 0.00573. The van der Waals surface area contributed by atoms with Gasteiger partial charge in [0.2, 0.25) is 0 Å². The van der Waals surface area contributed by atoms with Crippen LogP contribution in [-0.2, 0) is 11.3 Å². The fourth-order valence-corrected chi connectivity index (χ4v) is 1.92. The van der Waals surface area contributed by atoms with Crippen LogP contribution in [0.3, 0.4) is 0 Å². The molecule has 0 aliphatic carbocycles. The Bertz CT molecular complexity index is 676. The topological polar surface area (TPSA) is 58.6 Å². The van der Waals surface area contributed by atoms with Gasteiger partial charge in [-0.05, 0) is 35.9 Å². The molecule has 0 radical (unpaired) electrons. The van der Waals surface area contributed by atoms with E-state index in [1.807, 2.05) is 0 Å². The molecule has 2 aromatic carbocycles. The standard InChI is InChI=1S/C16H15F2NO3/c1-22-13-4-2-3-10(8-13)15(20)16(21)19-9-11-7-12(17)5-6-14(11)18/h2-8,15,20H,9H2,1H3,(H,19,21). The van der Waals surface area contributed by atoms with E-state index >= 15 is 0 Å². The number of rotatable bonds is 5. The molecule has 0 aliphatic heterocycles. The molecule has 1 unspecified atom stereocenters. The Hall–Kier alpha value is -2.47. The Balaban J connectivity index is 2.03. The molecule has 1 amide bonds. The van der Waals surface area contributed by atoms with Gasteiger partial charge in [-0.25, -0.2) is 8.78 Å². The highest BCUT2D eigenvalue weighted by atomic mass is 19.1. The molecule has 0 bridgehead atoms. The quantitative estimate of drug-likeness (QED) is 0.891. The Morgan fingerprint density at radius 3 is 2.77 bits per heavy atom. The molecule has 0 saturated heterocycles. The number of aliphatic hydroxyl groups excluding tert-OH is 1. The summed E-state index contributed by atoms with van der Waals surface area (Å²) < 4.78 is 31.5. The highest BCUT2D eigenvalue weighted by Crippen LogP contribution is 2.19. The van der Waals surface area contributed by atoms with Crippen molar-refractivity contribution in [2.75, 3.05) is 7.11 Å². The van der Waals surface area contributed by atoms with Crippen molar-refractivity contribution in [1.82, 2.24) is 5.32 Å². The van der Waals surface area contributed by atoms with E-state index in [0.717, 1.165) is 18.2 Å². The molecule has 0 spiro atoms. The lowest BCUT2D eigenvalue weighted by atomic mass is 10.1. The first-order chi connectivity index (χ1) is 10.5. The molecular weight excluding hydrogens is 292 g/mol. The zero-order valence-corrected chi connectivity index (χ0v) is 11.8. The fourth-order valence-electron chi connectivity index (χ4n) is 1.92. The normalized spacial score (nSPS) is 11.8. The summed E-state index contributed by atoms with van der Waals surface area (Å²) in [6, 6.07) is 9.37. The molecule has 116 valence electrons. The van der Waals surface area contributed by atoms with Gasteiger partial charge in [-0.3, -0.25) is 4.79 Å². The van der Waals surface area contributed by atoms with Gasteiger partial charge in [-0.15, -0.1) is 0 Å². The van der Waals surface area contributed by atoms with Gasteiger partial charge in [0.05, 0.1) is 7.11 Å². The zero-order chi connectivity index (χ0) is 16.1. The second kappa shape index (κ2) is 7.00. The van der Waals surface area contributed by atoms with Gasteiger partial charge in [0.1, 0.15) is 17.4 Å². The summed E-state index contributed by atoms with van der Waals surface area (Å²) in [5.74, 6) is -1.44. The molecule has 1 atom stereocenters. The third-order valence-corrected chi connectivity index (χ3v) is 3.12. The third-order valence-electron chi connectivity index (χ3n) is 3.12. The van der Waals surface area contributed by atoms with E-state index in [4.69, 9.17) is 4.74 Å². The van der Waals surface area contributed by atoms with Crippen LogP contribution >= 0.6 is 0 Å². The van der Waals surface area contributed by atoms with Crippen molar-refractivity contribution in [2.24, 2.45) is 0 Å². The number of halogens is 2. The summed E-state index contributed by atoms with van der Waals surface area (Å²) in [6.07, 6.45) is -1.42. The van der Waals surface area contributed by atoms with Crippen LogP contribution < -0.4 is 10.1 Å². The molecule has 4 nitrogen and oxygen atoms in total. The average molecular weight is 307 g/mol. The number of hydrogen-bond donors (Lipinski definition) is 2. The van der Waals surface area contributed by atoms with Crippen LogP contribution in [0.25, 0.3) is 0 Å². The SMILES string of the molecule is COc1cccc(C(O)C(=O)NCc2cc(F)ccc2F)c1. The van der Waals surface area contributed by atoms with Crippen molar-refractivity contribution in [3.05, 3.63) is 65.2 Å². The molecule has 6 heteroatoms. The second-order valence-corrected chi connectivity index (χ2v) is 4.63. The number of nitrogens with one attached hydrogen (secondary N) is 1. The minimum atomic E-state index is -1.42. The van der Waals surface area contributed by atoms with Crippen molar-refractivity contribution in [3.63, 3.8) is 0 Å². The molecule has 0 aromatic heterocycles. The number of carbonyl (C=O) groups excluding carboxylic acids is 1. The first kappa shape index (κ1) is 15.9. The van der Waals surface area contributed by atoms with Crippen LogP contribution in [0.4, 0.5) is 8.78 Å². The van der Waals surface area contributed by atoms with Crippen LogP contribution in [0.1, 0.15) is 17.2 Å². The Kier molecular flexibility index (Phi) is 5.06. The predicted octanol–water partition coefficient (Wildman–Crippen LogP) is 2.32. The number of ether oxygens (including phenoxy) is 1. The van der Waals surface area contributed by atoms with Crippen LogP contribution in [0, 0.1) is 11.6 Å². The Labute approximate surface area is 126 Å².